The number of carbonyl (C=O) groups excluding carboxylic acids is 1. The van der Waals surface area contributed by atoms with Gasteiger partial charge in [0.15, 0.2) is 5.13 Å². The standard InChI is InChI=1S/C8H8F2N2OS/c1-4-3-11-7(14-4)12-6(13)5-2-8(5,9)10/h3,5H,2H2,1H3,(H,11,12,13)/t5-/m1/s1. The number of nitrogens with one attached hydrogen (secondary N) is 1. The fraction of sp³-hybridized carbons (Fsp3) is 0.500. The van der Waals surface area contributed by atoms with Crippen molar-refractivity contribution >= 4 is 22.4 Å². The van der Waals surface area contributed by atoms with Crippen LogP contribution in [-0.2, 0) is 4.79 Å². The summed E-state index contributed by atoms with van der Waals surface area (Å²) in [5, 5.41) is 2.75. The molecule has 0 unspecified atom stereocenters. The van der Waals surface area contributed by atoms with Crippen LogP contribution < -0.4 is 5.32 Å². The predicted octanol–water partition coefficient (Wildman–Crippen LogP) is 2.05. The molecule has 1 saturated carbocycles. The van der Waals surface area contributed by atoms with Crippen molar-refractivity contribution in [3.63, 3.8) is 0 Å². The summed E-state index contributed by atoms with van der Waals surface area (Å²) >= 11 is 1.27. The fourth-order valence-electron chi connectivity index (χ4n) is 1.10. The first kappa shape index (κ1) is 9.51. The molecule has 76 valence electrons. The van der Waals surface area contributed by atoms with Gasteiger partial charge in [0.2, 0.25) is 5.91 Å². The molecular formula is C8H8F2N2OS. The summed E-state index contributed by atoms with van der Waals surface area (Å²) in [5.41, 5.74) is 0. The van der Waals surface area contributed by atoms with E-state index in [-0.39, 0.29) is 6.42 Å². The van der Waals surface area contributed by atoms with Crippen molar-refractivity contribution in [2.75, 3.05) is 5.32 Å². The van der Waals surface area contributed by atoms with E-state index in [0.29, 0.717) is 5.13 Å². The van der Waals surface area contributed by atoms with Crippen LogP contribution in [-0.4, -0.2) is 16.8 Å². The average molecular weight is 218 g/mol. The third-order valence-corrected chi connectivity index (χ3v) is 2.82. The Morgan fingerprint density at radius 2 is 2.43 bits per heavy atom. The first-order chi connectivity index (χ1) is 6.49. The molecule has 1 aliphatic rings. The second kappa shape index (κ2) is 2.98. The lowest BCUT2D eigenvalue weighted by atomic mass is 10.4. The quantitative estimate of drug-likeness (QED) is 0.825. The van der Waals surface area contributed by atoms with Gasteiger partial charge in [-0.15, -0.1) is 11.3 Å². The zero-order valence-corrected chi connectivity index (χ0v) is 8.20. The maximum Gasteiger partial charge on any atom is 0.260 e. The Kier molecular flexibility index (Phi) is 2.02. The molecule has 2 rings (SSSR count). The molecule has 3 nitrogen and oxygen atoms in total. The number of halogens is 2. The van der Waals surface area contributed by atoms with Crippen molar-refractivity contribution in [2.45, 2.75) is 19.3 Å². The Labute approximate surface area is 83.2 Å². The summed E-state index contributed by atoms with van der Waals surface area (Å²) in [4.78, 5) is 16.0. The molecule has 0 aliphatic heterocycles. The van der Waals surface area contributed by atoms with Gasteiger partial charge in [-0.3, -0.25) is 4.79 Å². The minimum atomic E-state index is -2.81. The normalized spacial score (nSPS) is 23.2. The van der Waals surface area contributed by atoms with Gasteiger partial charge < -0.3 is 5.32 Å². The number of anilines is 1. The molecule has 0 aromatic carbocycles. The second-order valence-corrected chi connectivity index (χ2v) is 4.52. The highest BCUT2D eigenvalue weighted by atomic mass is 32.1. The van der Waals surface area contributed by atoms with E-state index in [1.54, 1.807) is 6.20 Å². The molecule has 1 aliphatic carbocycles. The Morgan fingerprint density at radius 3 is 2.86 bits per heavy atom. The number of aryl methyl sites for hydroxylation is 1. The molecule has 1 N–H and O–H groups in total. The minimum absolute atomic E-state index is 0.344. The minimum Gasteiger partial charge on any atom is -0.302 e. The number of nitrogens with zero attached hydrogens (tertiary/aromatic N) is 1. The van der Waals surface area contributed by atoms with Crippen LogP contribution in [0.3, 0.4) is 0 Å². The Bertz CT molecular complexity index is 377. The van der Waals surface area contributed by atoms with E-state index in [9.17, 15) is 13.6 Å². The molecule has 1 heterocycles. The third kappa shape index (κ3) is 1.75. The van der Waals surface area contributed by atoms with E-state index >= 15 is 0 Å². The third-order valence-electron chi connectivity index (χ3n) is 1.99. The van der Waals surface area contributed by atoms with Crippen LogP contribution in [0, 0.1) is 12.8 Å². The zero-order chi connectivity index (χ0) is 10.3. The van der Waals surface area contributed by atoms with Gasteiger partial charge >= 0.3 is 0 Å². The van der Waals surface area contributed by atoms with Gasteiger partial charge in [0.25, 0.3) is 5.92 Å². The summed E-state index contributed by atoms with van der Waals surface area (Å²) in [5.74, 6) is -4.60. The van der Waals surface area contributed by atoms with E-state index in [1.807, 2.05) is 6.92 Å². The molecule has 0 spiro atoms. The molecule has 1 aromatic heterocycles. The molecule has 1 fully saturated rings. The lowest BCUT2D eigenvalue weighted by molar-refractivity contribution is -0.119. The first-order valence-corrected chi connectivity index (χ1v) is 4.92. The zero-order valence-electron chi connectivity index (χ0n) is 7.38. The van der Waals surface area contributed by atoms with Crippen LogP contribution in [0.1, 0.15) is 11.3 Å². The molecule has 0 bridgehead atoms. The van der Waals surface area contributed by atoms with Crippen LogP contribution >= 0.6 is 11.3 Å². The van der Waals surface area contributed by atoms with Crippen molar-refractivity contribution in [2.24, 2.45) is 5.92 Å². The summed E-state index contributed by atoms with van der Waals surface area (Å²) in [6.07, 6.45) is 1.24. The summed E-state index contributed by atoms with van der Waals surface area (Å²) in [7, 11) is 0. The average Bonchev–Trinajstić information content (AvgIpc) is 2.51. The molecule has 1 aromatic rings. The fourth-order valence-corrected chi connectivity index (χ4v) is 1.77. The molecule has 14 heavy (non-hydrogen) atoms. The smallest absolute Gasteiger partial charge is 0.260 e. The number of carbonyl (C=O) groups is 1. The number of amides is 1. The van der Waals surface area contributed by atoms with Crippen LogP contribution in [0.2, 0.25) is 0 Å². The van der Waals surface area contributed by atoms with Gasteiger partial charge in [-0.2, -0.15) is 0 Å². The number of hydrogen-bond acceptors (Lipinski definition) is 3. The first-order valence-electron chi connectivity index (χ1n) is 4.10. The number of aromatic nitrogens is 1. The summed E-state index contributed by atoms with van der Waals surface area (Å²) in [6, 6.07) is 0. The highest BCUT2D eigenvalue weighted by Crippen LogP contribution is 2.49. The molecular weight excluding hydrogens is 210 g/mol. The largest absolute Gasteiger partial charge is 0.302 e. The van der Waals surface area contributed by atoms with Gasteiger partial charge in [-0.05, 0) is 6.92 Å². The second-order valence-electron chi connectivity index (χ2n) is 3.28. The summed E-state index contributed by atoms with van der Waals surface area (Å²) in [6.45, 7) is 1.83. The van der Waals surface area contributed by atoms with E-state index in [1.165, 1.54) is 11.3 Å². The lowest BCUT2D eigenvalue weighted by Gasteiger charge is -1.98. The predicted molar refractivity (Wildman–Crippen MR) is 48.5 cm³/mol. The highest BCUT2D eigenvalue weighted by Gasteiger charge is 2.61. The van der Waals surface area contributed by atoms with Crippen molar-refractivity contribution < 1.29 is 13.6 Å². The molecule has 6 heteroatoms. The Hall–Kier alpha value is -1.04. The molecule has 1 amide bonds. The number of alkyl halides is 2. The van der Waals surface area contributed by atoms with Gasteiger partial charge in [-0.25, -0.2) is 13.8 Å². The lowest BCUT2D eigenvalue weighted by Crippen LogP contribution is -2.17. The van der Waals surface area contributed by atoms with Crippen molar-refractivity contribution in [1.29, 1.82) is 0 Å². The summed E-state index contributed by atoms with van der Waals surface area (Å²) < 4.78 is 25.0. The van der Waals surface area contributed by atoms with E-state index < -0.39 is 17.7 Å². The van der Waals surface area contributed by atoms with E-state index in [0.717, 1.165) is 4.88 Å². The van der Waals surface area contributed by atoms with Gasteiger partial charge in [-0.1, -0.05) is 0 Å². The van der Waals surface area contributed by atoms with Gasteiger partial charge in [0.05, 0.1) is 0 Å². The number of rotatable bonds is 2. The Balaban J connectivity index is 1.96. The maximum absolute atomic E-state index is 12.5. The molecule has 0 saturated heterocycles. The van der Waals surface area contributed by atoms with Crippen molar-refractivity contribution in [1.82, 2.24) is 4.98 Å². The molecule has 0 radical (unpaired) electrons. The van der Waals surface area contributed by atoms with Gasteiger partial charge in [0, 0.05) is 17.5 Å². The number of thiazole rings is 1. The van der Waals surface area contributed by atoms with Crippen LogP contribution in [0.5, 0.6) is 0 Å². The topological polar surface area (TPSA) is 42.0 Å². The number of hydrogen-bond donors (Lipinski definition) is 1. The highest BCUT2D eigenvalue weighted by molar-refractivity contribution is 7.15. The molecule has 1 atom stereocenters. The van der Waals surface area contributed by atoms with Gasteiger partial charge in [0.1, 0.15) is 5.92 Å². The van der Waals surface area contributed by atoms with Crippen LogP contribution in [0.4, 0.5) is 13.9 Å². The maximum atomic E-state index is 12.5. The SMILES string of the molecule is Cc1cnc(NC(=O)[C@H]2CC2(F)F)s1. The van der Waals surface area contributed by atoms with Crippen LogP contribution in [0.15, 0.2) is 6.20 Å². The Morgan fingerprint density at radius 1 is 1.79 bits per heavy atom. The van der Waals surface area contributed by atoms with E-state index in [2.05, 4.69) is 10.3 Å². The van der Waals surface area contributed by atoms with Crippen molar-refractivity contribution in [3.8, 4) is 0 Å². The van der Waals surface area contributed by atoms with E-state index in [4.69, 9.17) is 0 Å². The van der Waals surface area contributed by atoms with Crippen LogP contribution in [0.25, 0.3) is 0 Å². The monoisotopic (exact) mass is 218 g/mol. The van der Waals surface area contributed by atoms with Crippen molar-refractivity contribution in [3.05, 3.63) is 11.1 Å².